The molecule has 0 atom stereocenters. The van der Waals surface area contributed by atoms with Crippen LogP contribution in [0.25, 0.3) is 11.1 Å². The van der Waals surface area contributed by atoms with E-state index in [0.717, 1.165) is 53.6 Å². The SMILES string of the molecule is CCOc1cc(-c2c(C#N)c(N)nc3c2CCCC3)ccc1OCc1ccccc1C#N. The van der Waals surface area contributed by atoms with E-state index in [1.54, 1.807) is 6.07 Å². The van der Waals surface area contributed by atoms with Gasteiger partial charge in [0.15, 0.2) is 11.5 Å². The first-order valence-corrected chi connectivity index (χ1v) is 10.8. The van der Waals surface area contributed by atoms with Crippen molar-refractivity contribution in [2.45, 2.75) is 39.2 Å². The summed E-state index contributed by atoms with van der Waals surface area (Å²) in [6.07, 6.45) is 3.88. The number of nitrogens with zero attached hydrogens (tertiary/aromatic N) is 3. The number of aryl methyl sites for hydroxylation is 1. The van der Waals surface area contributed by atoms with Crippen molar-refractivity contribution in [3.63, 3.8) is 0 Å². The average molecular weight is 425 g/mol. The summed E-state index contributed by atoms with van der Waals surface area (Å²) < 4.78 is 11.9. The first-order valence-electron chi connectivity index (χ1n) is 10.8. The summed E-state index contributed by atoms with van der Waals surface area (Å²) in [5.74, 6) is 1.44. The van der Waals surface area contributed by atoms with Crippen LogP contribution in [-0.2, 0) is 19.4 Å². The van der Waals surface area contributed by atoms with Gasteiger partial charge in [-0.1, -0.05) is 24.3 Å². The van der Waals surface area contributed by atoms with E-state index in [0.29, 0.717) is 29.2 Å². The minimum absolute atomic E-state index is 0.254. The summed E-state index contributed by atoms with van der Waals surface area (Å²) in [4.78, 5) is 4.50. The lowest BCUT2D eigenvalue weighted by atomic mass is 9.86. The third-order valence-electron chi connectivity index (χ3n) is 5.67. The number of ether oxygens (including phenoxy) is 2. The number of rotatable bonds is 6. The van der Waals surface area contributed by atoms with E-state index in [9.17, 15) is 10.5 Å². The van der Waals surface area contributed by atoms with Crippen molar-refractivity contribution >= 4 is 5.82 Å². The molecule has 0 radical (unpaired) electrons. The van der Waals surface area contributed by atoms with E-state index in [-0.39, 0.29) is 12.4 Å². The molecule has 4 rings (SSSR count). The molecule has 1 aromatic heterocycles. The first kappa shape index (κ1) is 21.2. The Morgan fingerprint density at radius 1 is 1.00 bits per heavy atom. The van der Waals surface area contributed by atoms with Crippen LogP contribution in [0.2, 0.25) is 0 Å². The summed E-state index contributed by atoms with van der Waals surface area (Å²) in [6, 6.07) is 17.5. The zero-order valence-electron chi connectivity index (χ0n) is 18.0. The predicted molar refractivity (Wildman–Crippen MR) is 122 cm³/mol. The fourth-order valence-electron chi connectivity index (χ4n) is 4.16. The molecular weight excluding hydrogens is 400 g/mol. The molecule has 6 nitrogen and oxygen atoms in total. The molecule has 32 heavy (non-hydrogen) atoms. The molecule has 1 heterocycles. The molecule has 0 saturated carbocycles. The second kappa shape index (κ2) is 9.41. The lowest BCUT2D eigenvalue weighted by Gasteiger charge is -2.22. The van der Waals surface area contributed by atoms with Crippen molar-refractivity contribution < 1.29 is 9.47 Å². The largest absolute Gasteiger partial charge is 0.490 e. The van der Waals surface area contributed by atoms with Gasteiger partial charge >= 0.3 is 0 Å². The van der Waals surface area contributed by atoms with Gasteiger partial charge in [-0.2, -0.15) is 10.5 Å². The van der Waals surface area contributed by atoms with Crippen molar-refractivity contribution in [1.29, 1.82) is 10.5 Å². The molecule has 3 aromatic rings. The van der Waals surface area contributed by atoms with E-state index in [1.165, 1.54) is 0 Å². The maximum Gasteiger partial charge on any atom is 0.161 e. The minimum atomic E-state index is 0.254. The summed E-state index contributed by atoms with van der Waals surface area (Å²) in [7, 11) is 0. The van der Waals surface area contributed by atoms with Crippen molar-refractivity contribution in [3.8, 4) is 34.8 Å². The van der Waals surface area contributed by atoms with E-state index < -0.39 is 0 Å². The van der Waals surface area contributed by atoms with Gasteiger partial charge in [-0.25, -0.2) is 4.98 Å². The second-order valence-electron chi connectivity index (χ2n) is 7.64. The molecule has 0 bridgehead atoms. The smallest absolute Gasteiger partial charge is 0.161 e. The minimum Gasteiger partial charge on any atom is -0.490 e. The molecular formula is C26H24N4O2. The van der Waals surface area contributed by atoms with Crippen LogP contribution in [0, 0.1) is 22.7 Å². The fraction of sp³-hybridized carbons (Fsp3) is 0.269. The lowest BCUT2D eigenvalue weighted by molar-refractivity contribution is 0.269. The molecule has 0 amide bonds. The number of anilines is 1. The van der Waals surface area contributed by atoms with Gasteiger partial charge in [0.25, 0.3) is 0 Å². The number of aromatic nitrogens is 1. The Morgan fingerprint density at radius 2 is 1.81 bits per heavy atom. The van der Waals surface area contributed by atoms with Crippen LogP contribution >= 0.6 is 0 Å². The molecule has 0 saturated heterocycles. The Morgan fingerprint density at radius 3 is 2.59 bits per heavy atom. The van der Waals surface area contributed by atoms with Crippen LogP contribution in [0.15, 0.2) is 42.5 Å². The third kappa shape index (κ3) is 4.08. The maximum atomic E-state index is 9.80. The number of fused-ring (bicyclic) bond motifs is 1. The van der Waals surface area contributed by atoms with Gasteiger partial charge in [0.05, 0.1) is 18.2 Å². The van der Waals surface area contributed by atoms with Gasteiger partial charge in [-0.05, 0) is 61.9 Å². The number of benzene rings is 2. The van der Waals surface area contributed by atoms with Crippen LogP contribution in [-0.4, -0.2) is 11.6 Å². The van der Waals surface area contributed by atoms with Gasteiger partial charge in [0, 0.05) is 16.8 Å². The van der Waals surface area contributed by atoms with Gasteiger partial charge in [-0.3, -0.25) is 0 Å². The van der Waals surface area contributed by atoms with Crippen molar-refractivity contribution in [1.82, 2.24) is 4.98 Å². The van der Waals surface area contributed by atoms with Gasteiger partial charge in [0.2, 0.25) is 0 Å². The molecule has 2 aromatic carbocycles. The number of hydrogen-bond acceptors (Lipinski definition) is 6. The highest BCUT2D eigenvalue weighted by Crippen LogP contribution is 2.39. The van der Waals surface area contributed by atoms with E-state index in [2.05, 4.69) is 17.1 Å². The number of hydrogen-bond donors (Lipinski definition) is 1. The van der Waals surface area contributed by atoms with Crippen LogP contribution in [0.4, 0.5) is 5.82 Å². The van der Waals surface area contributed by atoms with E-state index >= 15 is 0 Å². The second-order valence-corrected chi connectivity index (χ2v) is 7.64. The Balaban J connectivity index is 1.74. The van der Waals surface area contributed by atoms with Gasteiger partial charge < -0.3 is 15.2 Å². The van der Waals surface area contributed by atoms with Crippen LogP contribution in [0.5, 0.6) is 11.5 Å². The van der Waals surface area contributed by atoms with E-state index in [1.807, 2.05) is 43.3 Å². The highest BCUT2D eigenvalue weighted by Gasteiger charge is 2.23. The number of pyridine rings is 1. The quantitative estimate of drug-likeness (QED) is 0.601. The van der Waals surface area contributed by atoms with Crippen molar-refractivity contribution in [3.05, 3.63) is 70.4 Å². The third-order valence-corrected chi connectivity index (χ3v) is 5.67. The highest BCUT2D eigenvalue weighted by molar-refractivity contribution is 5.80. The number of nitrogens with two attached hydrogens (primary N) is 1. The topological polar surface area (TPSA) is 105 Å². The Labute approximate surface area is 187 Å². The Bertz CT molecular complexity index is 1240. The molecule has 2 N–H and O–H groups in total. The summed E-state index contributed by atoms with van der Waals surface area (Å²) >= 11 is 0. The molecule has 1 aliphatic carbocycles. The molecule has 0 aliphatic heterocycles. The Kier molecular flexibility index (Phi) is 6.24. The molecule has 0 fully saturated rings. The predicted octanol–water partition coefficient (Wildman–Crippen LogP) is 4.93. The van der Waals surface area contributed by atoms with Crippen LogP contribution < -0.4 is 15.2 Å². The molecule has 1 aliphatic rings. The summed E-state index contributed by atoms with van der Waals surface area (Å²) in [5, 5.41) is 19.1. The zero-order valence-corrected chi connectivity index (χ0v) is 18.0. The lowest BCUT2D eigenvalue weighted by Crippen LogP contribution is -2.12. The molecule has 0 spiro atoms. The summed E-state index contributed by atoms with van der Waals surface area (Å²) in [5.41, 5.74) is 11.7. The molecule has 0 unspecified atom stereocenters. The van der Waals surface area contributed by atoms with Crippen LogP contribution in [0.3, 0.4) is 0 Å². The normalized spacial score (nSPS) is 12.3. The zero-order chi connectivity index (χ0) is 22.5. The standard InChI is InChI=1S/C26H24N4O2/c1-2-31-24-13-17(11-12-23(24)32-16-19-8-4-3-7-18(19)14-27)25-20-9-5-6-10-22(20)30-26(29)21(25)15-28/h3-4,7-8,11-13H,2,5-6,9-10,16H2,1H3,(H2,29,30). The highest BCUT2D eigenvalue weighted by atomic mass is 16.5. The molecule has 160 valence electrons. The fourth-order valence-corrected chi connectivity index (χ4v) is 4.16. The Hall–Kier alpha value is -4.03. The summed E-state index contributed by atoms with van der Waals surface area (Å²) in [6.45, 7) is 2.63. The van der Waals surface area contributed by atoms with Gasteiger partial charge in [0.1, 0.15) is 24.1 Å². The van der Waals surface area contributed by atoms with E-state index in [4.69, 9.17) is 15.2 Å². The average Bonchev–Trinajstić information content (AvgIpc) is 2.82. The maximum absolute atomic E-state index is 9.80. The number of nitrogen functional groups attached to an aromatic ring is 1. The van der Waals surface area contributed by atoms with Crippen molar-refractivity contribution in [2.75, 3.05) is 12.3 Å². The van der Waals surface area contributed by atoms with Crippen LogP contribution in [0.1, 0.15) is 47.7 Å². The van der Waals surface area contributed by atoms with Gasteiger partial charge in [-0.15, -0.1) is 0 Å². The molecule has 6 heteroatoms. The van der Waals surface area contributed by atoms with Crippen molar-refractivity contribution in [2.24, 2.45) is 0 Å². The first-order chi connectivity index (χ1) is 15.7. The number of nitriles is 2. The monoisotopic (exact) mass is 424 g/mol.